The van der Waals surface area contributed by atoms with Gasteiger partial charge in [0.25, 0.3) is 5.91 Å². The van der Waals surface area contributed by atoms with Gasteiger partial charge in [-0.2, -0.15) is 0 Å². The van der Waals surface area contributed by atoms with E-state index in [1.807, 2.05) is 6.07 Å². The first-order valence-corrected chi connectivity index (χ1v) is 8.05. The van der Waals surface area contributed by atoms with Crippen LogP contribution in [0, 0.1) is 3.57 Å². The van der Waals surface area contributed by atoms with Crippen LogP contribution < -0.4 is 5.32 Å². The van der Waals surface area contributed by atoms with Crippen molar-refractivity contribution in [3.63, 3.8) is 0 Å². The van der Waals surface area contributed by atoms with Gasteiger partial charge in [0.2, 0.25) is 0 Å². The topological polar surface area (TPSA) is 35.6 Å². The molecule has 20 heavy (non-hydrogen) atoms. The summed E-state index contributed by atoms with van der Waals surface area (Å²) in [6, 6.07) is 5.74. The van der Waals surface area contributed by atoms with Gasteiger partial charge in [0, 0.05) is 41.4 Å². The zero-order valence-electron chi connectivity index (χ0n) is 11.7. The molecule has 1 heterocycles. The van der Waals surface area contributed by atoms with E-state index < -0.39 is 0 Å². The molecule has 1 amide bonds. The van der Waals surface area contributed by atoms with E-state index in [9.17, 15) is 4.79 Å². The predicted molar refractivity (Wildman–Crippen MR) is 90.4 cm³/mol. The first-order chi connectivity index (χ1) is 9.47. The fourth-order valence-electron chi connectivity index (χ4n) is 2.27. The molecular weight excluding hydrogens is 389 g/mol. The number of nitrogens with one attached hydrogen (secondary N) is 1. The van der Waals surface area contributed by atoms with Gasteiger partial charge in [0.1, 0.15) is 0 Å². The molecule has 1 unspecified atom stereocenters. The van der Waals surface area contributed by atoms with Crippen molar-refractivity contribution in [2.45, 2.75) is 6.04 Å². The summed E-state index contributed by atoms with van der Waals surface area (Å²) in [6.07, 6.45) is 0. The van der Waals surface area contributed by atoms with E-state index >= 15 is 0 Å². The monoisotopic (exact) mass is 407 g/mol. The largest absolute Gasteiger partial charge is 0.350 e. The number of hydrogen-bond donors (Lipinski definition) is 1. The Kier molecular flexibility index (Phi) is 5.65. The number of rotatable bonds is 3. The molecule has 0 aromatic heterocycles. The molecule has 0 radical (unpaired) electrons. The standard InChI is InChI=1S/C14H19ClIN3O/c1-18-5-6-19(2)11(9-18)8-17-14(20)10-3-4-13(16)12(15)7-10/h3-4,7,11H,5-6,8-9H2,1-2H3,(H,17,20). The Hall–Kier alpha value is -0.370. The average molecular weight is 408 g/mol. The molecule has 2 rings (SSSR count). The first kappa shape index (κ1) is 16.0. The lowest BCUT2D eigenvalue weighted by Gasteiger charge is -2.37. The number of amides is 1. The van der Waals surface area contributed by atoms with Gasteiger partial charge in [0.15, 0.2) is 0 Å². The third kappa shape index (κ3) is 4.07. The summed E-state index contributed by atoms with van der Waals surface area (Å²) >= 11 is 8.20. The van der Waals surface area contributed by atoms with Crippen LogP contribution in [-0.2, 0) is 0 Å². The molecule has 1 fully saturated rings. The Labute approximate surface area is 138 Å². The molecule has 0 bridgehead atoms. The average Bonchev–Trinajstić information content (AvgIpc) is 2.42. The van der Waals surface area contributed by atoms with Crippen LogP contribution in [0.2, 0.25) is 5.02 Å². The third-order valence-corrected chi connectivity index (χ3v) is 5.23. The van der Waals surface area contributed by atoms with Crippen LogP contribution in [-0.4, -0.2) is 62.0 Å². The van der Waals surface area contributed by atoms with Crippen molar-refractivity contribution in [3.05, 3.63) is 32.4 Å². The fourth-order valence-corrected chi connectivity index (χ4v) is 2.79. The molecule has 6 heteroatoms. The minimum absolute atomic E-state index is 0.0649. The summed E-state index contributed by atoms with van der Waals surface area (Å²) < 4.78 is 0.953. The highest BCUT2D eigenvalue weighted by molar-refractivity contribution is 14.1. The highest BCUT2D eigenvalue weighted by atomic mass is 127. The smallest absolute Gasteiger partial charge is 0.251 e. The normalized spacial score (nSPS) is 20.9. The Morgan fingerprint density at radius 3 is 2.90 bits per heavy atom. The first-order valence-electron chi connectivity index (χ1n) is 6.59. The lowest BCUT2D eigenvalue weighted by Crippen LogP contribution is -2.54. The summed E-state index contributed by atoms with van der Waals surface area (Å²) in [4.78, 5) is 16.7. The summed E-state index contributed by atoms with van der Waals surface area (Å²) in [5, 5.41) is 3.62. The summed E-state index contributed by atoms with van der Waals surface area (Å²) in [7, 11) is 4.21. The van der Waals surface area contributed by atoms with Crippen LogP contribution in [0.25, 0.3) is 0 Å². The van der Waals surface area contributed by atoms with Gasteiger partial charge in [-0.1, -0.05) is 11.6 Å². The van der Waals surface area contributed by atoms with Gasteiger partial charge in [-0.25, -0.2) is 0 Å². The molecule has 4 nitrogen and oxygen atoms in total. The molecule has 1 aromatic carbocycles. The fraction of sp³-hybridized carbons (Fsp3) is 0.500. The van der Waals surface area contributed by atoms with Gasteiger partial charge in [0.05, 0.1) is 5.02 Å². The number of nitrogens with zero attached hydrogens (tertiary/aromatic N) is 2. The maximum atomic E-state index is 12.1. The van der Waals surface area contributed by atoms with Crippen molar-refractivity contribution in [1.82, 2.24) is 15.1 Å². The van der Waals surface area contributed by atoms with Crippen LogP contribution in [0.1, 0.15) is 10.4 Å². The zero-order valence-corrected chi connectivity index (χ0v) is 14.6. The molecule has 1 aliphatic rings. The maximum Gasteiger partial charge on any atom is 0.251 e. The molecule has 1 saturated heterocycles. The van der Waals surface area contributed by atoms with E-state index in [0.29, 0.717) is 23.2 Å². The van der Waals surface area contributed by atoms with Crippen molar-refractivity contribution in [1.29, 1.82) is 0 Å². The van der Waals surface area contributed by atoms with E-state index in [4.69, 9.17) is 11.6 Å². The van der Waals surface area contributed by atoms with Crippen LogP contribution >= 0.6 is 34.2 Å². The van der Waals surface area contributed by atoms with Crippen LogP contribution in [0.15, 0.2) is 18.2 Å². The van der Waals surface area contributed by atoms with E-state index in [1.54, 1.807) is 12.1 Å². The quantitative estimate of drug-likeness (QED) is 0.778. The van der Waals surface area contributed by atoms with Gasteiger partial charge >= 0.3 is 0 Å². The highest BCUT2D eigenvalue weighted by Crippen LogP contribution is 2.19. The molecular formula is C14H19ClIN3O. The summed E-state index contributed by atoms with van der Waals surface area (Å²) in [5.74, 6) is -0.0649. The van der Waals surface area contributed by atoms with Gasteiger partial charge in [-0.05, 0) is 54.9 Å². The van der Waals surface area contributed by atoms with Crippen molar-refractivity contribution < 1.29 is 4.79 Å². The van der Waals surface area contributed by atoms with Crippen molar-refractivity contribution in [3.8, 4) is 0 Å². The molecule has 0 aliphatic carbocycles. The molecule has 0 spiro atoms. The number of hydrogen-bond acceptors (Lipinski definition) is 3. The zero-order chi connectivity index (χ0) is 14.7. The molecule has 1 atom stereocenters. The van der Waals surface area contributed by atoms with Crippen LogP contribution in [0.3, 0.4) is 0 Å². The number of carbonyl (C=O) groups excluding carboxylic acids is 1. The number of likely N-dealkylation sites (N-methyl/N-ethyl adjacent to an activating group) is 2. The molecule has 1 aliphatic heterocycles. The number of piperazine rings is 1. The Morgan fingerprint density at radius 2 is 2.20 bits per heavy atom. The second kappa shape index (κ2) is 7.06. The Morgan fingerprint density at radius 1 is 1.45 bits per heavy atom. The van der Waals surface area contributed by atoms with E-state index in [2.05, 4.69) is 51.8 Å². The maximum absolute atomic E-state index is 12.1. The second-order valence-electron chi connectivity index (χ2n) is 5.24. The van der Waals surface area contributed by atoms with Gasteiger partial charge in [-0.15, -0.1) is 0 Å². The predicted octanol–water partition coefficient (Wildman–Crippen LogP) is 1.92. The minimum Gasteiger partial charge on any atom is -0.350 e. The lowest BCUT2D eigenvalue weighted by molar-refractivity contribution is 0.0881. The van der Waals surface area contributed by atoms with E-state index in [1.165, 1.54) is 0 Å². The SMILES string of the molecule is CN1CCN(C)C(CNC(=O)c2ccc(I)c(Cl)c2)C1. The lowest BCUT2D eigenvalue weighted by atomic mass is 10.1. The molecule has 110 valence electrons. The Balaban J connectivity index is 1.92. The van der Waals surface area contributed by atoms with Crippen molar-refractivity contribution in [2.24, 2.45) is 0 Å². The van der Waals surface area contributed by atoms with Crippen LogP contribution in [0.4, 0.5) is 0 Å². The number of halogens is 2. The van der Waals surface area contributed by atoms with Crippen molar-refractivity contribution >= 4 is 40.1 Å². The number of benzene rings is 1. The highest BCUT2D eigenvalue weighted by Gasteiger charge is 2.22. The van der Waals surface area contributed by atoms with E-state index in [0.717, 1.165) is 23.2 Å². The van der Waals surface area contributed by atoms with Gasteiger partial charge in [-0.3, -0.25) is 9.69 Å². The molecule has 1 N–H and O–H groups in total. The Bertz CT molecular complexity index is 497. The van der Waals surface area contributed by atoms with Gasteiger partial charge < -0.3 is 10.2 Å². The second-order valence-corrected chi connectivity index (χ2v) is 6.80. The van der Waals surface area contributed by atoms with Crippen LogP contribution in [0.5, 0.6) is 0 Å². The summed E-state index contributed by atoms with van der Waals surface area (Å²) in [6.45, 7) is 3.74. The van der Waals surface area contributed by atoms with E-state index in [-0.39, 0.29) is 5.91 Å². The molecule has 0 saturated carbocycles. The van der Waals surface area contributed by atoms with Crippen molar-refractivity contribution in [2.75, 3.05) is 40.3 Å². The third-order valence-electron chi connectivity index (χ3n) is 3.66. The minimum atomic E-state index is -0.0649. The summed E-state index contributed by atoms with van der Waals surface area (Å²) in [5.41, 5.74) is 0.613. The number of carbonyl (C=O) groups is 1. The molecule has 1 aromatic rings.